The molecule has 3 fully saturated rings. The summed E-state index contributed by atoms with van der Waals surface area (Å²) in [7, 11) is 0. The molecule has 1 saturated carbocycles. The van der Waals surface area contributed by atoms with Crippen molar-refractivity contribution in [1.29, 1.82) is 0 Å². The fraction of sp³-hybridized carbons (Fsp3) is 0.471. The first-order valence-electron chi connectivity index (χ1n) is 15.6. The lowest BCUT2D eigenvalue weighted by atomic mass is 10.0. The first kappa shape index (κ1) is 29.6. The Morgan fingerprint density at radius 2 is 1.79 bits per heavy atom. The number of anilines is 1. The third kappa shape index (κ3) is 6.86. The Balaban J connectivity index is 1.25. The molecule has 6 rings (SSSR count). The highest BCUT2D eigenvalue weighted by molar-refractivity contribution is 6.30. The van der Waals surface area contributed by atoms with Crippen molar-refractivity contribution in [1.82, 2.24) is 20.2 Å². The number of carbonyl (C=O) groups is 2. The molecule has 0 bridgehead atoms. The number of hydrogen-bond acceptors (Lipinski definition) is 6. The average Bonchev–Trinajstić information content (AvgIpc) is 3.73. The molecule has 2 aliphatic heterocycles. The van der Waals surface area contributed by atoms with Gasteiger partial charge in [-0.15, -0.1) is 0 Å². The standard InChI is InChI=1S/C34H40ClN5O3/c1-23-7-2-3-8-24(23)14-17-29-28(33(42)39-19-20-43-31(22-39)32(41)37-27-9-4-5-10-27)21-36-34(38-29)40-18-6-11-30(40)25-12-15-26(35)16-13-25/h2-3,7-8,12-13,15-16,21,27,30-31H,4-6,9-11,14,17-20,22H2,1H3,(H,37,41)/t30-,31+/m0/s1. The molecule has 1 N–H and O–H groups in total. The molecule has 2 aromatic carbocycles. The number of hydrogen-bond donors (Lipinski definition) is 1. The molecule has 0 radical (unpaired) electrons. The number of nitrogens with one attached hydrogen (secondary N) is 1. The maximum atomic E-state index is 14.0. The molecule has 0 unspecified atom stereocenters. The van der Waals surface area contributed by atoms with E-state index in [1.54, 1.807) is 11.1 Å². The van der Waals surface area contributed by atoms with Crippen LogP contribution < -0.4 is 10.2 Å². The molecule has 3 aliphatic rings. The largest absolute Gasteiger partial charge is 0.365 e. The van der Waals surface area contributed by atoms with Crippen molar-refractivity contribution in [3.8, 4) is 0 Å². The minimum absolute atomic E-state index is 0.127. The highest BCUT2D eigenvalue weighted by atomic mass is 35.5. The van der Waals surface area contributed by atoms with E-state index in [0.29, 0.717) is 36.1 Å². The molecular formula is C34H40ClN5O3. The number of morpholine rings is 1. The summed E-state index contributed by atoms with van der Waals surface area (Å²) < 4.78 is 5.81. The van der Waals surface area contributed by atoms with Crippen LogP contribution in [0.15, 0.2) is 54.7 Å². The Labute approximate surface area is 258 Å². The van der Waals surface area contributed by atoms with E-state index < -0.39 is 6.10 Å². The first-order chi connectivity index (χ1) is 21.0. The molecule has 2 atom stereocenters. The second-order valence-corrected chi connectivity index (χ2v) is 12.4. The molecule has 8 nitrogen and oxygen atoms in total. The van der Waals surface area contributed by atoms with Crippen LogP contribution in [0, 0.1) is 6.92 Å². The maximum absolute atomic E-state index is 14.0. The van der Waals surface area contributed by atoms with E-state index in [9.17, 15) is 9.59 Å². The monoisotopic (exact) mass is 601 g/mol. The highest BCUT2D eigenvalue weighted by Crippen LogP contribution is 2.35. The lowest BCUT2D eigenvalue weighted by molar-refractivity contribution is -0.137. The Morgan fingerprint density at radius 3 is 2.58 bits per heavy atom. The van der Waals surface area contributed by atoms with Gasteiger partial charge in [0.15, 0.2) is 6.10 Å². The predicted octanol–water partition coefficient (Wildman–Crippen LogP) is 5.46. The van der Waals surface area contributed by atoms with E-state index in [4.69, 9.17) is 26.3 Å². The van der Waals surface area contributed by atoms with E-state index >= 15 is 0 Å². The van der Waals surface area contributed by atoms with Crippen molar-refractivity contribution >= 4 is 29.4 Å². The van der Waals surface area contributed by atoms with E-state index in [0.717, 1.165) is 57.2 Å². The van der Waals surface area contributed by atoms with E-state index in [-0.39, 0.29) is 30.4 Å². The van der Waals surface area contributed by atoms with Crippen molar-refractivity contribution in [3.05, 3.63) is 87.7 Å². The predicted molar refractivity (Wildman–Crippen MR) is 167 cm³/mol. The van der Waals surface area contributed by atoms with Crippen LogP contribution in [-0.4, -0.2) is 65.1 Å². The first-order valence-corrected chi connectivity index (χ1v) is 16.0. The van der Waals surface area contributed by atoms with Crippen LogP contribution in [0.4, 0.5) is 5.95 Å². The fourth-order valence-corrected chi connectivity index (χ4v) is 6.75. The second-order valence-electron chi connectivity index (χ2n) is 12.0. The van der Waals surface area contributed by atoms with Gasteiger partial charge in [-0.2, -0.15) is 0 Å². The quantitative estimate of drug-likeness (QED) is 0.369. The normalized spacial score (nSPS) is 20.9. The highest BCUT2D eigenvalue weighted by Gasteiger charge is 2.33. The fourth-order valence-electron chi connectivity index (χ4n) is 6.62. The number of nitrogens with zero attached hydrogens (tertiary/aromatic N) is 4. The van der Waals surface area contributed by atoms with Crippen molar-refractivity contribution in [2.24, 2.45) is 0 Å². The van der Waals surface area contributed by atoms with Gasteiger partial charge in [0.1, 0.15) is 0 Å². The topological polar surface area (TPSA) is 87.7 Å². The summed E-state index contributed by atoms with van der Waals surface area (Å²) in [5, 5.41) is 3.84. The van der Waals surface area contributed by atoms with Gasteiger partial charge in [-0.25, -0.2) is 9.97 Å². The van der Waals surface area contributed by atoms with Gasteiger partial charge >= 0.3 is 0 Å². The van der Waals surface area contributed by atoms with Crippen molar-refractivity contribution in [2.75, 3.05) is 31.1 Å². The van der Waals surface area contributed by atoms with Gasteiger partial charge in [0.25, 0.3) is 11.8 Å². The molecule has 2 saturated heterocycles. The summed E-state index contributed by atoms with van der Waals surface area (Å²) in [5.41, 5.74) is 4.87. The van der Waals surface area contributed by atoms with E-state index in [1.807, 2.05) is 24.3 Å². The summed E-state index contributed by atoms with van der Waals surface area (Å²) >= 11 is 6.16. The molecular weight excluding hydrogens is 562 g/mol. The van der Waals surface area contributed by atoms with Gasteiger partial charge in [0, 0.05) is 30.4 Å². The summed E-state index contributed by atoms with van der Waals surface area (Å²) in [4.78, 5) is 40.7. The van der Waals surface area contributed by atoms with Crippen LogP contribution >= 0.6 is 11.6 Å². The van der Waals surface area contributed by atoms with Crippen LogP contribution in [-0.2, 0) is 22.4 Å². The number of carbonyl (C=O) groups excluding carboxylic acids is 2. The number of benzene rings is 2. The molecule has 1 aliphatic carbocycles. The Hall–Kier alpha value is -3.49. The molecule has 1 aromatic heterocycles. The summed E-state index contributed by atoms with van der Waals surface area (Å²) in [6, 6.07) is 16.7. The molecule has 9 heteroatoms. The van der Waals surface area contributed by atoms with Gasteiger partial charge in [-0.05, 0) is 74.3 Å². The number of aromatic nitrogens is 2. The minimum Gasteiger partial charge on any atom is -0.365 e. The summed E-state index contributed by atoms with van der Waals surface area (Å²) in [5.74, 6) is 0.367. The smallest absolute Gasteiger partial charge is 0.257 e. The van der Waals surface area contributed by atoms with Crippen LogP contribution in [0.25, 0.3) is 0 Å². The van der Waals surface area contributed by atoms with Crippen LogP contribution in [0.2, 0.25) is 5.02 Å². The number of rotatable bonds is 8. The molecule has 43 heavy (non-hydrogen) atoms. The zero-order chi connectivity index (χ0) is 29.8. The molecule has 3 heterocycles. The maximum Gasteiger partial charge on any atom is 0.257 e. The molecule has 0 spiro atoms. The second kappa shape index (κ2) is 13.4. The van der Waals surface area contributed by atoms with Crippen molar-refractivity contribution in [2.45, 2.75) is 76.5 Å². The lowest BCUT2D eigenvalue weighted by Crippen LogP contribution is -2.53. The third-order valence-electron chi connectivity index (χ3n) is 9.09. The number of halogens is 1. The van der Waals surface area contributed by atoms with Gasteiger partial charge in [0.05, 0.1) is 30.5 Å². The molecule has 226 valence electrons. The zero-order valence-electron chi connectivity index (χ0n) is 24.8. The zero-order valence-corrected chi connectivity index (χ0v) is 25.6. The van der Waals surface area contributed by atoms with Crippen molar-refractivity contribution < 1.29 is 14.3 Å². The SMILES string of the molecule is Cc1ccccc1CCc1nc(N2CCC[C@H]2c2ccc(Cl)cc2)ncc1C(=O)N1CCO[C@@H](C(=O)NC2CCCC2)C1. The van der Waals surface area contributed by atoms with Gasteiger partial charge in [-0.3, -0.25) is 9.59 Å². The summed E-state index contributed by atoms with van der Waals surface area (Å²) in [6.07, 6.45) is 8.72. The summed E-state index contributed by atoms with van der Waals surface area (Å²) in [6.45, 7) is 3.93. The third-order valence-corrected chi connectivity index (χ3v) is 9.34. The number of amides is 2. The lowest BCUT2D eigenvalue weighted by Gasteiger charge is -2.33. The number of ether oxygens (including phenoxy) is 1. The molecule has 2 amide bonds. The van der Waals surface area contributed by atoms with Gasteiger partial charge in [0.2, 0.25) is 5.95 Å². The minimum atomic E-state index is -0.668. The Bertz CT molecular complexity index is 1440. The van der Waals surface area contributed by atoms with Crippen LogP contribution in [0.5, 0.6) is 0 Å². The van der Waals surface area contributed by atoms with E-state index in [1.165, 1.54) is 16.7 Å². The number of aryl methyl sites for hydroxylation is 3. The van der Waals surface area contributed by atoms with Crippen LogP contribution in [0.1, 0.15) is 77.3 Å². The Kier molecular flexibility index (Phi) is 9.24. The van der Waals surface area contributed by atoms with Gasteiger partial charge < -0.3 is 19.9 Å². The average molecular weight is 602 g/mol. The van der Waals surface area contributed by atoms with Crippen molar-refractivity contribution in [3.63, 3.8) is 0 Å². The Morgan fingerprint density at radius 1 is 1.00 bits per heavy atom. The van der Waals surface area contributed by atoms with Gasteiger partial charge in [-0.1, -0.05) is 60.8 Å². The van der Waals surface area contributed by atoms with E-state index in [2.05, 4.69) is 41.4 Å². The molecule has 3 aromatic rings. The van der Waals surface area contributed by atoms with Crippen LogP contribution in [0.3, 0.4) is 0 Å².